The number of para-hydroxylation sites is 2. The van der Waals surface area contributed by atoms with Gasteiger partial charge in [0, 0.05) is 24.6 Å². The normalized spacial score (nSPS) is 12.1. The van der Waals surface area contributed by atoms with Crippen LogP contribution in [-0.4, -0.2) is 31.5 Å². The predicted molar refractivity (Wildman–Crippen MR) is 104 cm³/mol. The van der Waals surface area contributed by atoms with E-state index in [1.54, 1.807) is 25.3 Å². The zero-order valence-electron chi connectivity index (χ0n) is 14.6. The number of halogens is 2. The molecule has 4 nitrogen and oxygen atoms in total. The van der Waals surface area contributed by atoms with Crippen LogP contribution in [0.1, 0.15) is 24.9 Å². The summed E-state index contributed by atoms with van der Waals surface area (Å²) >= 11 is 12.2. The van der Waals surface area contributed by atoms with E-state index in [9.17, 15) is 4.79 Å². The van der Waals surface area contributed by atoms with Crippen LogP contribution in [0.25, 0.3) is 0 Å². The number of benzene rings is 2. The van der Waals surface area contributed by atoms with Crippen molar-refractivity contribution in [1.29, 1.82) is 0 Å². The molecule has 2 rings (SSSR count). The Bertz CT molecular complexity index is 717. The Balaban J connectivity index is 1.95. The van der Waals surface area contributed by atoms with Gasteiger partial charge < -0.3 is 10.1 Å². The summed E-state index contributed by atoms with van der Waals surface area (Å²) < 4.78 is 5.41. The number of rotatable bonds is 7. The van der Waals surface area contributed by atoms with Crippen molar-refractivity contribution in [3.8, 4) is 5.75 Å². The molecule has 1 amide bonds. The van der Waals surface area contributed by atoms with Gasteiger partial charge in [0.1, 0.15) is 5.75 Å². The molecule has 0 saturated carbocycles. The van der Waals surface area contributed by atoms with Crippen molar-refractivity contribution in [3.63, 3.8) is 0 Å². The van der Waals surface area contributed by atoms with Gasteiger partial charge in [-0.3, -0.25) is 9.69 Å². The molecule has 0 aromatic heterocycles. The minimum Gasteiger partial charge on any atom is -0.496 e. The number of nitrogens with one attached hydrogen (secondary N) is 1. The molecule has 25 heavy (non-hydrogen) atoms. The van der Waals surface area contributed by atoms with E-state index in [4.69, 9.17) is 27.9 Å². The number of hydrogen-bond donors (Lipinski definition) is 1. The Labute approximate surface area is 158 Å². The molecule has 0 radical (unpaired) electrons. The van der Waals surface area contributed by atoms with Crippen molar-refractivity contribution in [1.82, 2.24) is 4.90 Å². The molecule has 134 valence electrons. The Morgan fingerprint density at radius 1 is 1.16 bits per heavy atom. The first kappa shape index (κ1) is 19.6. The number of amides is 1. The second-order valence-electron chi connectivity index (χ2n) is 5.79. The van der Waals surface area contributed by atoms with Crippen LogP contribution in [-0.2, 0) is 4.79 Å². The maximum absolute atomic E-state index is 12.2. The maximum Gasteiger partial charge on any atom is 0.225 e. The Morgan fingerprint density at radius 3 is 2.44 bits per heavy atom. The zero-order chi connectivity index (χ0) is 18.4. The highest BCUT2D eigenvalue weighted by atomic mass is 35.5. The second-order valence-corrected chi connectivity index (χ2v) is 6.61. The van der Waals surface area contributed by atoms with E-state index in [2.05, 4.69) is 17.1 Å². The number of anilines is 1. The fraction of sp³-hybridized carbons (Fsp3) is 0.316. The fourth-order valence-electron chi connectivity index (χ4n) is 2.54. The zero-order valence-corrected chi connectivity index (χ0v) is 16.1. The number of nitrogens with zero attached hydrogens (tertiary/aromatic N) is 1. The lowest BCUT2D eigenvalue weighted by Gasteiger charge is -2.26. The lowest BCUT2D eigenvalue weighted by Crippen LogP contribution is -2.27. The first-order valence-corrected chi connectivity index (χ1v) is 8.76. The van der Waals surface area contributed by atoms with Gasteiger partial charge in [0.05, 0.1) is 22.8 Å². The van der Waals surface area contributed by atoms with Gasteiger partial charge in [-0.2, -0.15) is 0 Å². The molecule has 2 aromatic rings. The first-order chi connectivity index (χ1) is 11.9. The molecule has 2 aromatic carbocycles. The summed E-state index contributed by atoms with van der Waals surface area (Å²) in [7, 11) is 3.64. The molecule has 0 saturated heterocycles. The lowest BCUT2D eigenvalue weighted by atomic mass is 10.1. The van der Waals surface area contributed by atoms with Crippen molar-refractivity contribution in [2.75, 3.05) is 26.0 Å². The first-order valence-electron chi connectivity index (χ1n) is 8.01. The topological polar surface area (TPSA) is 41.6 Å². The average Bonchev–Trinajstić information content (AvgIpc) is 2.62. The van der Waals surface area contributed by atoms with E-state index < -0.39 is 0 Å². The minimum absolute atomic E-state index is 0.118. The third kappa shape index (κ3) is 5.11. The molecule has 1 N–H and O–H groups in total. The fourth-order valence-corrected chi connectivity index (χ4v) is 3.03. The van der Waals surface area contributed by atoms with Crippen molar-refractivity contribution < 1.29 is 9.53 Å². The highest BCUT2D eigenvalue weighted by Gasteiger charge is 2.17. The SMILES string of the molecule is COc1ccccc1C(C)N(C)CCC(=O)Nc1c(Cl)cccc1Cl. The standard InChI is InChI=1S/C19H22Cl2N2O2/c1-13(14-7-4-5-10-17(14)25-3)23(2)12-11-18(24)22-19-15(20)8-6-9-16(19)21/h4-10,13H,11-12H2,1-3H3,(H,22,24). The highest BCUT2D eigenvalue weighted by Crippen LogP contribution is 2.30. The molecule has 0 aliphatic heterocycles. The van der Waals surface area contributed by atoms with E-state index in [1.807, 2.05) is 31.3 Å². The smallest absolute Gasteiger partial charge is 0.225 e. The van der Waals surface area contributed by atoms with E-state index in [1.165, 1.54) is 0 Å². The van der Waals surface area contributed by atoms with E-state index in [0.29, 0.717) is 28.7 Å². The highest BCUT2D eigenvalue weighted by molar-refractivity contribution is 6.39. The van der Waals surface area contributed by atoms with Crippen LogP contribution in [0, 0.1) is 0 Å². The second kappa shape index (κ2) is 9.09. The third-order valence-electron chi connectivity index (χ3n) is 4.17. The summed E-state index contributed by atoms with van der Waals surface area (Å²) in [6, 6.07) is 13.1. The molecule has 0 aliphatic rings. The van der Waals surface area contributed by atoms with Crippen LogP contribution in [0.4, 0.5) is 5.69 Å². The predicted octanol–water partition coefficient (Wildman–Crippen LogP) is 5.02. The maximum atomic E-state index is 12.2. The summed E-state index contributed by atoms with van der Waals surface area (Å²) in [6.45, 7) is 2.67. The number of carbonyl (C=O) groups excluding carboxylic acids is 1. The Hall–Kier alpha value is -1.75. The largest absolute Gasteiger partial charge is 0.496 e. The lowest BCUT2D eigenvalue weighted by molar-refractivity contribution is -0.116. The van der Waals surface area contributed by atoms with Gasteiger partial charge in [0.15, 0.2) is 0 Å². The van der Waals surface area contributed by atoms with Crippen LogP contribution in [0.2, 0.25) is 10.0 Å². The summed E-state index contributed by atoms with van der Waals surface area (Å²) in [6.07, 6.45) is 0.331. The van der Waals surface area contributed by atoms with Gasteiger partial charge in [-0.15, -0.1) is 0 Å². The van der Waals surface area contributed by atoms with Gasteiger partial charge in [-0.1, -0.05) is 47.5 Å². The third-order valence-corrected chi connectivity index (χ3v) is 4.80. The van der Waals surface area contributed by atoms with Crippen LogP contribution >= 0.6 is 23.2 Å². The minimum atomic E-state index is -0.130. The van der Waals surface area contributed by atoms with Crippen LogP contribution < -0.4 is 10.1 Å². The molecular formula is C19H22Cl2N2O2. The van der Waals surface area contributed by atoms with Gasteiger partial charge in [0.2, 0.25) is 5.91 Å². The van der Waals surface area contributed by atoms with Crippen LogP contribution in [0.15, 0.2) is 42.5 Å². The molecule has 6 heteroatoms. The summed E-state index contributed by atoms with van der Waals surface area (Å²) in [5.74, 6) is 0.711. The quantitative estimate of drug-likeness (QED) is 0.732. The van der Waals surface area contributed by atoms with Crippen molar-refractivity contribution >= 4 is 34.8 Å². The molecule has 0 fully saturated rings. The number of methoxy groups -OCH3 is 1. The van der Waals surface area contributed by atoms with E-state index >= 15 is 0 Å². The average molecular weight is 381 g/mol. The van der Waals surface area contributed by atoms with Crippen molar-refractivity contribution in [2.45, 2.75) is 19.4 Å². The summed E-state index contributed by atoms with van der Waals surface area (Å²) in [4.78, 5) is 14.3. The number of carbonyl (C=O) groups is 1. The van der Waals surface area contributed by atoms with Gasteiger partial charge in [-0.25, -0.2) is 0 Å². The van der Waals surface area contributed by atoms with Gasteiger partial charge in [0.25, 0.3) is 0 Å². The Kier molecular flexibility index (Phi) is 7.12. The van der Waals surface area contributed by atoms with E-state index in [0.717, 1.165) is 11.3 Å². The summed E-state index contributed by atoms with van der Waals surface area (Å²) in [5.41, 5.74) is 1.54. The molecule has 1 unspecified atom stereocenters. The van der Waals surface area contributed by atoms with E-state index in [-0.39, 0.29) is 11.9 Å². The van der Waals surface area contributed by atoms with Gasteiger partial charge >= 0.3 is 0 Å². The molecule has 0 heterocycles. The van der Waals surface area contributed by atoms with Crippen molar-refractivity contribution in [2.24, 2.45) is 0 Å². The van der Waals surface area contributed by atoms with Crippen molar-refractivity contribution in [3.05, 3.63) is 58.1 Å². The molecule has 0 bridgehead atoms. The van der Waals surface area contributed by atoms with Crippen LogP contribution in [0.3, 0.4) is 0 Å². The van der Waals surface area contributed by atoms with Crippen LogP contribution in [0.5, 0.6) is 5.75 Å². The van der Waals surface area contributed by atoms with Gasteiger partial charge in [-0.05, 0) is 32.2 Å². The molecule has 0 spiro atoms. The molecule has 1 atom stereocenters. The molecular weight excluding hydrogens is 359 g/mol. The monoisotopic (exact) mass is 380 g/mol. The number of ether oxygens (including phenoxy) is 1. The Morgan fingerprint density at radius 2 is 1.80 bits per heavy atom. The number of hydrogen-bond acceptors (Lipinski definition) is 3. The summed E-state index contributed by atoms with van der Waals surface area (Å²) in [5, 5.41) is 3.64. The molecule has 0 aliphatic carbocycles.